The van der Waals surface area contributed by atoms with Crippen LogP contribution in [-0.2, 0) is 13.3 Å². The molecule has 2 N–H and O–H groups in total. The highest BCUT2D eigenvalue weighted by atomic mass is 28.3. The van der Waals surface area contributed by atoms with Gasteiger partial charge in [-0.3, -0.25) is 0 Å². The van der Waals surface area contributed by atoms with Gasteiger partial charge >= 0.3 is 9.53 Å². The van der Waals surface area contributed by atoms with E-state index in [1.165, 1.54) is 38.5 Å². The van der Waals surface area contributed by atoms with Gasteiger partial charge in [-0.25, -0.2) is 0 Å². The second-order valence-electron chi connectivity index (χ2n) is 4.21. The number of hydrogen-bond donors (Lipinski definition) is 1. The topological polar surface area (TPSA) is 53.7 Å². The first-order chi connectivity index (χ1) is 9.26. The molecule has 118 valence electrons. The van der Waals surface area contributed by atoms with Crippen LogP contribution in [0.3, 0.4) is 0 Å². The van der Waals surface area contributed by atoms with Crippen LogP contribution in [0.2, 0.25) is 0 Å². The van der Waals surface area contributed by atoms with Gasteiger partial charge in [0.15, 0.2) is 0 Å². The number of unbranched alkanes of at least 4 members (excludes halogenated alkanes) is 2. The molecule has 0 amide bonds. The maximum atomic E-state index is 5.22. The summed E-state index contributed by atoms with van der Waals surface area (Å²) in [5.41, 5.74) is 5.21. The van der Waals surface area contributed by atoms with E-state index in [-0.39, 0.29) is 0 Å². The minimum absolute atomic E-state index is 0.677. The van der Waals surface area contributed by atoms with Crippen molar-refractivity contribution >= 4 is 9.53 Å². The Kier molecular flexibility index (Phi) is 22.9. The van der Waals surface area contributed by atoms with E-state index in [1.807, 2.05) is 20.8 Å². The van der Waals surface area contributed by atoms with Gasteiger partial charge in [-0.2, -0.15) is 0 Å². The number of hydrogen-bond acceptors (Lipinski definition) is 4. The van der Waals surface area contributed by atoms with Gasteiger partial charge in [0.1, 0.15) is 0 Å². The van der Waals surface area contributed by atoms with Gasteiger partial charge in [0.25, 0.3) is 0 Å². The molecule has 0 spiro atoms. The van der Waals surface area contributed by atoms with Crippen molar-refractivity contribution in [3.63, 3.8) is 0 Å². The molecule has 0 aliphatic heterocycles. The second-order valence-corrected chi connectivity index (χ2v) is 5.79. The molecule has 1 saturated carbocycles. The van der Waals surface area contributed by atoms with Crippen LogP contribution in [0.5, 0.6) is 0 Å². The normalized spacial score (nSPS) is 12.3. The predicted molar refractivity (Wildman–Crippen MR) is 84.5 cm³/mol. The molecule has 1 aliphatic carbocycles. The van der Waals surface area contributed by atoms with Gasteiger partial charge in [-0.05, 0) is 33.7 Å². The summed E-state index contributed by atoms with van der Waals surface area (Å²) in [4.78, 5) is 0. The highest BCUT2D eigenvalue weighted by Crippen LogP contribution is 2.14. The van der Waals surface area contributed by atoms with E-state index in [0.717, 1.165) is 6.54 Å². The van der Waals surface area contributed by atoms with Crippen molar-refractivity contribution in [3.8, 4) is 0 Å². The van der Waals surface area contributed by atoms with Crippen molar-refractivity contribution in [2.75, 3.05) is 26.4 Å². The van der Waals surface area contributed by atoms with Crippen molar-refractivity contribution < 1.29 is 13.3 Å². The molecule has 1 rings (SSSR count). The van der Waals surface area contributed by atoms with Crippen molar-refractivity contribution in [1.29, 1.82) is 0 Å². The van der Waals surface area contributed by atoms with E-state index in [4.69, 9.17) is 19.0 Å². The lowest BCUT2D eigenvalue weighted by Crippen LogP contribution is -2.27. The van der Waals surface area contributed by atoms with E-state index in [9.17, 15) is 0 Å². The minimum Gasteiger partial charge on any atom is -0.376 e. The lowest BCUT2D eigenvalue weighted by molar-refractivity contribution is 0.107. The zero-order chi connectivity index (χ0) is 14.8. The third kappa shape index (κ3) is 27.3. The molecule has 1 fully saturated rings. The molecular weight excluding hydrogens is 258 g/mol. The Bertz CT molecular complexity index is 128. The van der Waals surface area contributed by atoms with Crippen LogP contribution in [0.1, 0.15) is 66.2 Å². The zero-order valence-electron chi connectivity index (χ0n) is 13.5. The van der Waals surface area contributed by atoms with Crippen molar-refractivity contribution in [1.82, 2.24) is 0 Å². The van der Waals surface area contributed by atoms with E-state index in [1.54, 1.807) is 0 Å². The van der Waals surface area contributed by atoms with Crippen molar-refractivity contribution in [3.05, 3.63) is 0 Å². The molecule has 0 saturated heterocycles. The maximum Gasteiger partial charge on any atom is 0.484 e. The summed E-state index contributed by atoms with van der Waals surface area (Å²) in [6.45, 7) is 10.9. The van der Waals surface area contributed by atoms with E-state index in [0.29, 0.717) is 19.8 Å². The molecule has 5 heteroatoms. The number of nitrogens with two attached hydrogens (primary N) is 1. The van der Waals surface area contributed by atoms with Gasteiger partial charge in [0.2, 0.25) is 0 Å². The standard InChI is InChI=1S/C6H16O3Si.C5H13N.C3H6/c1-4-7-10(8-5-2)9-6-3;1-2-3-4-5-6;1-2-3-1/h10H,4-6H2,1-3H3;2-6H2,1H3;1-3H2. The summed E-state index contributed by atoms with van der Waals surface area (Å²) in [5, 5.41) is 0. The average molecular weight is 294 g/mol. The highest BCUT2D eigenvalue weighted by molar-refractivity contribution is 6.36. The molecule has 0 aromatic carbocycles. The third-order valence-electron chi connectivity index (χ3n) is 2.07. The molecule has 1 aliphatic rings. The summed E-state index contributed by atoms with van der Waals surface area (Å²) in [6, 6.07) is 0. The summed E-state index contributed by atoms with van der Waals surface area (Å²) < 4.78 is 15.7. The molecule has 0 radical (unpaired) electrons. The Morgan fingerprint density at radius 2 is 1.21 bits per heavy atom. The van der Waals surface area contributed by atoms with Gasteiger partial charge in [-0.15, -0.1) is 0 Å². The Morgan fingerprint density at radius 1 is 0.789 bits per heavy atom. The summed E-state index contributed by atoms with van der Waals surface area (Å²) in [6.07, 6.45) is 8.25. The SMILES string of the molecule is C1CC1.CCCCCN.CCO[SiH](OCC)OCC. The highest BCUT2D eigenvalue weighted by Gasteiger charge is 2.11. The molecular formula is C14H35NO3Si. The summed E-state index contributed by atoms with van der Waals surface area (Å²) >= 11 is 0. The second kappa shape index (κ2) is 20.4. The minimum atomic E-state index is -1.73. The fraction of sp³-hybridized carbons (Fsp3) is 1.00. The fourth-order valence-electron chi connectivity index (χ4n) is 0.947. The first kappa shape index (κ1) is 21.4. The first-order valence-corrected chi connectivity index (χ1v) is 9.22. The van der Waals surface area contributed by atoms with Crippen LogP contribution in [0.15, 0.2) is 0 Å². The number of rotatable bonds is 9. The van der Waals surface area contributed by atoms with Crippen LogP contribution >= 0.6 is 0 Å². The smallest absolute Gasteiger partial charge is 0.376 e. The van der Waals surface area contributed by atoms with Crippen LogP contribution in [0.25, 0.3) is 0 Å². The molecule has 0 bridgehead atoms. The van der Waals surface area contributed by atoms with Crippen LogP contribution in [-0.4, -0.2) is 35.9 Å². The van der Waals surface area contributed by atoms with E-state index >= 15 is 0 Å². The molecule has 19 heavy (non-hydrogen) atoms. The monoisotopic (exact) mass is 293 g/mol. The van der Waals surface area contributed by atoms with Crippen LogP contribution in [0.4, 0.5) is 0 Å². The predicted octanol–water partition coefficient (Wildman–Crippen LogP) is 3.12. The van der Waals surface area contributed by atoms with Gasteiger partial charge in [0, 0.05) is 19.8 Å². The summed E-state index contributed by atoms with van der Waals surface area (Å²) in [5.74, 6) is 0. The van der Waals surface area contributed by atoms with E-state index in [2.05, 4.69) is 6.92 Å². The summed E-state index contributed by atoms with van der Waals surface area (Å²) in [7, 11) is -1.73. The molecule has 0 atom stereocenters. The van der Waals surface area contributed by atoms with E-state index < -0.39 is 9.53 Å². The fourth-order valence-corrected chi connectivity index (χ4v) is 2.05. The quantitative estimate of drug-likeness (QED) is 0.524. The molecule has 4 nitrogen and oxygen atoms in total. The molecule has 0 heterocycles. The first-order valence-electron chi connectivity index (χ1n) is 7.81. The van der Waals surface area contributed by atoms with Gasteiger partial charge in [0.05, 0.1) is 0 Å². The maximum absolute atomic E-state index is 5.22. The average Bonchev–Trinajstić information content (AvgIpc) is 3.26. The molecule has 0 aromatic rings. The van der Waals surface area contributed by atoms with Crippen molar-refractivity contribution in [2.45, 2.75) is 66.2 Å². The van der Waals surface area contributed by atoms with Gasteiger partial charge < -0.3 is 19.0 Å². The van der Waals surface area contributed by atoms with Crippen LogP contribution in [0, 0.1) is 0 Å². The lowest BCUT2D eigenvalue weighted by Gasteiger charge is -2.12. The molecule has 0 aromatic heterocycles. The van der Waals surface area contributed by atoms with Gasteiger partial charge in [-0.1, -0.05) is 39.0 Å². The Balaban J connectivity index is 0. The Morgan fingerprint density at radius 3 is 1.37 bits per heavy atom. The third-order valence-corrected chi connectivity index (χ3v) is 3.89. The van der Waals surface area contributed by atoms with Crippen LogP contribution < -0.4 is 5.73 Å². The Labute approximate surface area is 122 Å². The zero-order valence-corrected chi connectivity index (χ0v) is 14.6. The van der Waals surface area contributed by atoms with Crippen molar-refractivity contribution in [2.24, 2.45) is 5.73 Å². The lowest BCUT2D eigenvalue weighted by atomic mass is 10.3. The Hall–Kier alpha value is 0.0569. The largest absolute Gasteiger partial charge is 0.484 e. The molecule has 0 unspecified atom stereocenters.